The Morgan fingerprint density at radius 3 is 2.55 bits per heavy atom. The molecule has 6 nitrogen and oxygen atoms in total. The summed E-state index contributed by atoms with van der Waals surface area (Å²) in [5.41, 5.74) is 3.20. The number of nitrogens with zero attached hydrogens (tertiary/aromatic N) is 3. The number of thioether (sulfide) groups is 1. The Hall–Kier alpha value is -3.06. The minimum Gasteiger partial charge on any atom is -0.497 e. The molecular formula is C22H24N4O2S. The van der Waals surface area contributed by atoms with Crippen LogP contribution in [0.25, 0.3) is 11.4 Å². The Balaban J connectivity index is 1.63. The highest BCUT2D eigenvalue weighted by Crippen LogP contribution is 2.25. The molecule has 1 heterocycles. The number of methoxy groups -OCH3 is 1. The van der Waals surface area contributed by atoms with Crippen molar-refractivity contribution in [1.29, 1.82) is 0 Å². The van der Waals surface area contributed by atoms with Crippen molar-refractivity contribution in [1.82, 2.24) is 20.1 Å². The van der Waals surface area contributed by atoms with Crippen molar-refractivity contribution in [3.05, 3.63) is 72.3 Å². The van der Waals surface area contributed by atoms with Gasteiger partial charge >= 0.3 is 0 Å². The highest BCUT2D eigenvalue weighted by Gasteiger charge is 2.15. The van der Waals surface area contributed by atoms with Crippen LogP contribution in [-0.4, -0.2) is 33.5 Å². The predicted molar refractivity (Wildman–Crippen MR) is 116 cm³/mol. The summed E-state index contributed by atoms with van der Waals surface area (Å²) in [6.07, 6.45) is 1.79. The van der Waals surface area contributed by atoms with E-state index in [0.717, 1.165) is 22.7 Å². The summed E-state index contributed by atoms with van der Waals surface area (Å²) < 4.78 is 7.16. The molecule has 0 fully saturated rings. The molecule has 1 N–H and O–H groups in total. The number of aromatic nitrogens is 3. The molecule has 0 aliphatic rings. The maximum absolute atomic E-state index is 12.2. The number of rotatable bonds is 9. The third-order valence-corrected chi connectivity index (χ3v) is 5.29. The maximum Gasteiger partial charge on any atom is 0.230 e. The second-order valence-electron chi connectivity index (χ2n) is 6.48. The van der Waals surface area contributed by atoms with Crippen LogP contribution in [0.1, 0.15) is 11.1 Å². The normalized spacial score (nSPS) is 10.6. The monoisotopic (exact) mass is 408 g/mol. The van der Waals surface area contributed by atoms with Gasteiger partial charge in [0.05, 0.1) is 12.9 Å². The van der Waals surface area contributed by atoms with Gasteiger partial charge in [0.15, 0.2) is 11.0 Å². The van der Waals surface area contributed by atoms with Crippen molar-refractivity contribution >= 4 is 17.7 Å². The van der Waals surface area contributed by atoms with E-state index in [0.29, 0.717) is 18.2 Å². The van der Waals surface area contributed by atoms with Crippen LogP contribution in [0.4, 0.5) is 0 Å². The molecule has 29 heavy (non-hydrogen) atoms. The van der Waals surface area contributed by atoms with Crippen LogP contribution in [-0.2, 0) is 17.9 Å². The van der Waals surface area contributed by atoms with E-state index in [1.54, 1.807) is 13.2 Å². The number of hydrogen-bond acceptors (Lipinski definition) is 5. The lowest BCUT2D eigenvalue weighted by molar-refractivity contribution is -0.118. The summed E-state index contributed by atoms with van der Waals surface area (Å²) in [4.78, 5) is 12.2. The van der Waals surface area contributed by atoms with Gasteiger partial charge in [-0.05, 0) is 36.8 Å². The molecule has 0 atom stereocenters. The molecule has 0 spiro atoms. The number of hydrogen-bond donors (Lipinski definition) is 1. The zero-order valence-electron chi connectivity index (χ0n) is 16.6. The van der Waals surface area contributed by atoms with Crippen LogP contribution in [0, 0.1) is 6.92 Å². The van der Waals surface area contributed by atoms with Crippen molar-refractivity contribution < 1.29 is 9.53 Å². The zero-order valence-corrected chi connectivity index (χ0v) is 17.4. The van der Waals surface area contributed by atoms with Gasteiger partial charge in [-0.25, -0.2) is 0 Å². The Bertz CT molecular complexity index is 965. The summed E-state index contributed by atoms with van der Waals surface area (Å²) in [6, 6.07) is 15.7. The molecule has 0 saturated heterocycles. The predicted octanol–water partition coefficient (Wildman–Crippen LogP) is 3.86. The molecule has 0 radical (unpaired) electrons. The first kappa shape index (κ1) is 20.7. The van der Waals surface area contributed by atoms with Crippen LogP contribution in [0.2, 0.25) is 0 Å². The van der Waals surface area contributed by atoms with Gasteiger partial charge in [-0.3, -0.25) is 9.36 Å². The van der Waals surface area contributed by atoms with Crippen molar-refractivity contribution in [3.63, 3.8) is 0 Å². The standard InChI is InChI=1S/C22H24N4O2S/c1-4-13-26-21(18-9-11-19(28-3)12-10-18)24-25-22(26)29-15-20(27)23-14-17-7-5-16(2)6-8-17/h4-12H,1,13-15H2,2-3H3,(H,23,27). The fourth-order valence-electron chi connectivity index (χ4n) is 2.73. The average molecular weight is 409 g/mol. The van der Waals surface area contributed by atoms with Gasteiger partial charge in [-0.1, -0.05) is 47.7 Å². The molecule has 0 unspecified atom stereocenters. The minimum atomic E-state index is -0.0466. The third kappa shape index (κ3) is 5.48. The van der Waals surface area contributed by atoms with E-state index in [2.05, 4.69) is 22.1 Å². The van der Waals surface area contributed by atoms with E-state index >= 15 is 0 Å². The van der Waals surface area contributed by atoms with E-state index in [1.807, 2.05) is 60.0 Å². The number of benzene rings is 2. The van der Waals surface area contributed by atoms with Crippen molar-refractivity contribution in [3.8, 4) is 17.1 Å². The summed E-state index contributed by atoms with van der Waals surface area (Å²) in [5, 5.41) is 12.2. The van der Waals surface area contributed by atoms with Crippen molar-refractivity contribution in [2.24, 2.45) is 0 Å². The third-order valence-electron chi connectivity index (χ3n) is 4.32. The van der Waals surface area contributed by atoms with Gasteiger partial charge in [-0.15, -0.1) is 16.8 Å². The lowest BCUT2D eigenvalue weighted by Gasteiger charge is -2.09. The summed E-state index contributed by atoms with van der Waals surface area (Å²) in [6.45, 7) is 6.93. The van der Waals surface area contributed by atoms with Gasteiger partial charge in [0.25, 0.3) is 0 Å². The number of nitrogens with one attached hydrogen (secondary N) is 1. The molecule has 0 aliphatic heterocycles. The molecule has 0 aliphatic carbocycles. The fraction of sp³-hybridized carbons (Fsp3) is 0.227. The Morgan fingerprint density at radius 2 is 1.90 bits per heavy atom. The number of carbonyl (C=O) groups excluding carboxylic acids is 1. The van der Waals surface area contributed by atoms with E-state index in [9.17, 15) is 4.79 Å². The molecule has 0 bridgehead atoms. The quantitative estimate of drug-likeness (QED) is 0.430. The second kappa shape index (κ2) is 9.93. The van der Waals surface area contributed by atoms with E-state index in [1.165, 1.54) is 17.3 Å². The van der Waals surface area contributed by atoms with E-state index < -0.39 is 0 Å². The highest BCUT2D eigenvalue weighted by atomic mass is 32.2. The van der Waals surface area contributed by atoms with Crippen molar-refractivity contribution in [2.45, 2.75) is 25.2 Å². The van der Waals surface area contributed by atoms with E-state index in [-0.39, 0.29) is 11.7 Å². The van der Waals surface area contributed by atoms with Gasteiger partial charge in [0.1, 0.15) is 5.75 Å². The van der Waals surface area contributed by atoms with Gasteiger partial charge < -0.3 is 10.1 Å². The molecule has 2 aromatic carbocycles. The molecular weight excluding hydrogens is 384 g/mol. The second-order valence-corrected chi connectivity index (χ2v) is 7.43. The van der Waals surface area contributed by atoms with Crippen LogP contribution in [0.3, 0.4) is 0 Å². The Kier molecular flexibility index (Phi) is 7.08. The number of carbonyl (C=O) groups is 1. The molecule has 3 aromatic rings. The van der Waals surface area contributed by atoms with Gasteiger partial charge in [0, 0.05) is 18.7 Å². The Labute approximate surface area is 175 Å². The molecule has 7 heteroatoms. The summed E-state index contributed by atoms with van der Waals surface area (Å²) in [7, 11) is 1.63. The first-order valence-electron chi connectivity index (χ1n) is 9.24. The first-order chi connectivity index (χ1) is 14.1. The lowest BCUT2D eigenvalue weighted by Crippen LogP contribution is -2.24. The first-order valence-corrected chi connectivity index (χ1v) is 10.2. The van der Waals surface area contributed by atoms with Crippen LogP contribution in [0.15, 0.2) is 66.3 Å². The SMILES string of the molecule is C=CCn1c(SCC(=O)NCc2ccc(C)cc2)nnc1-c1ccc(OC)cc1. The van der Waals surface area contributed by atoms with Gasteiger partial charge in [-0.2, -0.15) is 0 Å². The number of amides is 1. The lowest BCUT2D eigenvalue weighted by atomic mass is 10.1. The van der Waals surface area contributed by atoms with Crippen LogP contribution < -0.4 is 10.1 Å². The van der Waals surface area contributed by atoms with Gasteiger partial charge in [0.2, 0.25) is 5.91 Å². The minimum absolute atomic E-state index is 0.0466. The molecule has 150 valence electrons. The smallest absolute Gasteiger partial charge is 0.230 e. The molecule has 0 saturated carbocycles. The highest BCUT2D eigenvalue weighted by molar-refractivity contribution is 7.99. The topological polar surface area (TPSA) is 69.0 Å². The summed E-state index contributed by atoms with van der Waals surface area (Å²) in [5.74, 6) is 1.73. The molecule has 1 amide bonds. The Morgan fingerprint density at radius 1 is 1.17 bits per heavy atom. The number of allylic oxidation sites excluding steroid dienone is 1. The van der Waals surface area contributed by atoms with Crippen LogP contribution >= 0.6 is 11.8 Å². The fourth-order valence-corrected chi connectivity index (χ4v) is 3.51. The van der Waals surface area contributed by atoms with Crippen LogP contribution in [0.5, 0.6) is 5.75 Å². The number of aryl methyl sites for hydroxylation is 1. The molecule has 1 aromatic heterocycles. The maximum atomic E-state index is 12.2. The molecule has 3 rings (SSSR count). The largest absolute Gasteiger partial charge is 0.497 e. The average Bonchev–Trinajstić information content (AvgIpc) is 3.14. The van der Waals surface area contributed by atoms with Crippen molar-refractivity contribution in [2.75, 3.05) is 12.9 Å². The van der Waals surface area contributed by atoms with E-state index in [4.69, 9.17) is 4.74 Å². The zero-order chi connectivity index (χ0) is 20.6. The summed E-state index contributed by atoms with van der Waals surface area (Å²) >= 11 is 1.36. The number of ether oxygens (including phenoxy) is 1.